The number of hydrogen-bond donors (Lipinski definition) is 1. The quantitative estimate of drug-likeness (QED) is 0.877. The summed E-state index contributed by atoms with van der Waals surface area (Å²) in [7, 11) is 0. The number of aliphatic hydroxyl groups is 1. The van der Waals surface area contributed by atoms with Crippen LogP contribution >= 0.6 is 23.1 Å². The van der Waals surface area contributed by atoms with Gasteiger partial charge in [0.2, 0.25) is 0 Å². The maximum Gasteiger partial charge on any atom is 0.169 e. The monoisotopic (exact) mass is 284 g/mol. The van der Waals surface area contributed by atoms with Gasteiger partial charge >= 0.3 is 0 Å². The summed E-state index contributed by atoms with van der Waals surface area (Å²) >= 11 is 2.86. The van der Waals surface area contributed by atoms with E-state index < -0.39 is 0 Å². The summed E-state index contributed by atoms with van der Waals surface area (Å²) in [5.41, 5.74) is 1.34. The summed E-state index contributed by atoms with van der Waals surface area (Å²) in [6.45, 7) is 4.19. The second-order valence-corrected chi connectivity index (χ2v) is 5.26. The molecule has 0 aliphatic carbocycles. The molecule has 0 saturated carbocycles. The van der Waals surface area contributed by atoms with Crippen molar-refractivity contribution in [3.05, 3.63) is 33.3 Å². The van der Waals surface area contributed by atoms with Crippen LogP contribution in [0.25, 0.3) is 0 Å². The van der Waals surface area contributed by atoms with Crippen molar-refractivity contribution in [1.29, 1.82) is 0 Å². The molecule has 0 unspecified atom stereocenters. The molecular formula is C12H16N2O2S2. The Hall–Kier alpha value is -1.11. The van der Waals surface area contributed by atoms with Gasteiger partial charge in [0, 0.05) is 9.75 Å². The van der Waals surface area contributed by atoms with Gasteiger partial charge in [0.05, 0.1) is 12.3 Å². The van der Waals surface area contributed by atoms with Crippen LogP contribution in [0, 0.1) is 0 Å². The lowest BCUT2D eigenvalue weighted by Gasteiger charge is -1.80. The van der Waals surface area contributed by atoms with Gasteiger partial charge in [0.15, 0.2) is 6.29 Å². The van der Waals surface area contributed by atoms with E-state index in [0.717, 1.165) is 29.7 Å². The van der Waals surface area contributed by atoms with Crippen LogP contribution in [0.2, 0.25) is 0 Å². The summed E-state index contributed by atoms with van der Waals surface area (Å²) in [6, 6.07) is 3.75. The van der Waals surface area contributed by atoms with E-state index in [0.29, 0.717) is 5.69 Å². The van der Waals surface area contributed by atoms with E-state index in [1.54, 1.807) is 0 Å². The van der Waals surface area contributed by atoms with Crippen molar-refractivity contribution in [1.82, 2.24) is 8.75 Å². The summed E-state index contributed by atoms with van der Waals surface area (Å²) in [6.07, 6.45) is 2.75. The number of hydrogen-bond acceptors (Lipinski definition) is 6. The van der Waals surface area contributed by atoms with Crippen molar-refractivity contribution >= 4 is 29.4 Å². The van der Waals surface area contributed by atoms with E-state index >= 15 is 0 Å². The lowest BCUT2D eigenvalue weighted by molar-refractivity contribution is 0.112. The minimum atomic E-state index is 0.0660. The predicted molar refractivity (Wildman–Crippen MR) is 74.3 cm³/mol. The van der Waals surface area contributed by atoms with Gasteiger partial charge in [0.25, 0.3) is 0 Å². The number of aryl methyl sites for hydroxylation is 2. The second-order valence-electron chi connectivity index (χ2n) is 3.49. The number of aldehydes is 1. The van der Waals surface area contributed by atoms with Crippen LogP contribution < -0.4 is 0 Å². The first-order valence-electron chi connectivity index (χ1n) is 5.69. The molecule has 2 heterocycles. The highest BCUT2D eigenvalue weighted by atomic mass is 32.1. The van der Waals surface area contributed by atoms with Gasteiger partial charge in [-0.05, 0) is 48.0 Å². The van der Waals surface area contributed by atoms with Crippen LogP contribution in [0.1, 0.15) is 39.8 Å². The number of aromatic nitrogens is 2. The number of rotatable bonds is 4. The SMILES string of the molecule is CCc1cc(C=O)ns1.CCc1cc(CO)ns1. The predicted octanol–water partition coefficient (Wildman–Crippen LogP) is 2.72. The molecule has 1 N–H and O–H groups in total. The third-order valence-electron chi connectivity index (χ3n) is 2.16. The van der Waals surface area contributed by atoms with Crippen LogP contribution in [0.3, 0.4) is 0 Å². The van der Waals surface area contributed by atoms with Crippen LogP contribution in [0.15, 0.2) is 12.1 Å². The van der Waals surface area contributed by atoms with Crippen LogP contribution in [0.5, 0.6) is 0 Å². The zero-order valence-corrected chi connectivity index (χ0v) is 12.1. The van der Waals surface area contributed by atoms with Crippen LogP contribution in [-0.2, 0) is 19.4 Å². The molecule has 98 valence electrons. The van der Waals surface area contributed by atoms with Gasteiger partial charge in [0.1, 0.15) is 5.69 Å². The van der Waals surface area contributed by atoms with Gasteiger partial charge in [-0.25, -0.2) is 0 Å². The molecule has 2 rings (SSSR count). The highest BCUT2D eigenvalue weighted by molar-refractivity contribution is 7.06. The molecule has 6 heteroatoms. The molecule has 0 saturated heterocycles. The Balaban J connectivity index is 0.000000180. The molecule has 0 aliphatic heterocycles. The number of aliphatic hydroxyl groups excluding tert-OH is 1. The van der Waals surface area contributed by atoms with Crippen molar-refractivity contribution in [2.24, 2.45) is 0 Å². The minimum Gasteiger partial charge on any atom is -0.390 e. The summed E-state index contributed by atoms with van der Waals surface area (Å²) in [5, 5.41) is 8.59. The minimum absolute atomic E-state index is 0.0660. The van der Waals surface area contributed by atoms with Gasteiger partial charge in [-0.15, -0.1) is 0 Å². The Bertz CT molecular complexity index is 461. The summed E-state index contributed by atoms with van der Waals surface area (Å²) in [4.78, 5) is 12.5. The third-order valence-corrected chi connectivity index (χ3v) is 4.07. The molecule has 0 aliphatic rings. The fraction of sp³-hybridized carbons (Fsp3) is 0.417. The van der Waals surface area contributed by atoms with E-state index in [1.165, 1.54) is 27.9 Å². The topological polar surface area (TPSA) is 63.1 Å². The van der Waals surface area contributed by atoms with E-state index in [-0.39, 0.29) is 6.61 Å². The van der Waals surface area contributed by atoms with Crippen LogP contribution in [-0.4, -0.2) is 20.1 Å². The van der Waals surface area contributed by atoms with Crippen molar-refractivity contribution in [2.75, 3.05) is 0 Å². The lowest BCUT2D eigenvalue weighted by Crippen LogP contribution is -1.78. The first-order valence-corrected chi connectivity index (χ1v) is 7.24. The molecule has 18 heavy (non-hydrogen) atoms. The highest BCUT2D eigenvalue weighted by Crippen LogP contribution is 2.09. The summed E-state index contributed by atoms with van der Waals surface area (Å²) < 4.78 is 7.88. The average Bonchev–Trinajstić information content (AvgIpc) is 3.07. The third kappa shape index (κ3) is 4.64. The molecule has 0 bridgehead atoms. The van der Waals surface area contributed by atoms with Gasteiger partial charge in [-0.2, -0.15) is 8.75 Å². The largest absolute Gasteiger partial charge is 0.390 e. The summed E-state index contributed by atoms with van der Waals surface area (Å²) in [5.74, 6) is 0. The van der Waals surface area contributed by atoms with E-state index in [2.05, 4.69) is 15.7 Å². The maximum atomic E-state index is 10.1. The van der Waals surface area contributed by atoms with Crippen molar-refractivity contribution in [2.45, 2.75) is 33.3 Å². The van der Waals surface area contributed by atoms with Crippen molar-refractivity contribution < 1.29 is 9.90 Å². The number of nitrogens with zero attached hydrogens (tertiary/aromatic N) is 2. The Labute approximate surface area is 115 Å². The molecule has 0 fully saturated rings. The van der Waals surface area contributed by atoms with Crippen LogP contribution in [0.4, 0.5) is 0 Å². The molecule has 0 aromatic carbocycles. The fourth-order valence-electron chi connectivity index (χ4n) is 1.15. The normalized spacial score (nSPS) is 9.72. The number of carbonyl (C=O) groups is 1. The standard InChI is InChI=1S/C6H9NOS.C6H7NOS/c2*1-2-6-3-5(4-8)7-9-6/h3,8H,2,4H2,1H3;3-4H,2H2,1H3. The lowest BCUT2D eigenvalue weighted by atomic mass is 10.3. The zero-order valence-electron chi connectivity index (χ0n) is 10.4. The molecule has 0 radical (unpaired) electrons. The smallest absolute Gasteiger partial charge is 0.169 e. The van der Waals surface area contributed by atoms with E-state index in [9.17, 15) is 4.79 Å². The average molecular weight is 284 g/mol. The van der Waals surface area contributed by atoms with Gasteiger partial charge in [-0.1, -0.05) is 13.8 Å². The van der Waals surface area contributed by atoms with Crippen molar-refractivity contribution in [3.63, 3.8) is 0 Å². The Morgan fingerprint density at radius 3 is 2.11 bits per heavy atom. The molecule has 2 aromatic rings. The Morgan fingerprint density at radius 2 is 1.78 bits per heavy atom. The molecular weight excluding hydrogens is 268 g/mol. The highest BCUT2D eigenvalue weighted by Gasteiger charge is 1.96. The maximum absolute atomic E-state index is 10.1. The molecule has 2 aromatic heterocycles. The number of carbonyl (C=O) groups excluding carboxylic acids is 1. The molecule has 0 spiro atoms. The van der Waals surface area contributed by atoms with Gasteiger partial charge < -0.3 is 5.11 Å². The van der Waals surface area contributed by atoms with Crippen molar-refractivity contribution in [3.8, 4) is 0 Å². The first kappa shape index (κ1) is 14.9. The second kappa shape index (κ2) is 8.07. The molecule has 0 atom stereocenters. The Kier molecular flexibility index (Phi) is 6.70. The van der Waals surface area contributed by atoms with E-state index in [1.807, 2.05) is 19.1 Å². The molecule has 0 amide bonds. The Morgan fingerprint density at radius 1 is 1.17 bits per heavy atom. The molecule has 4 nitrogen and oxygen atoms in total. The first-order chi connectivity index (χ1) is 8.73. The van der Waals surface area contributed by atoms with E-state index in [4.69, 9.17) is 5.11 Å². The van der Waals surface area contributed by atoms with Gasteiger partial charge in [-0.3, -0.25) is 4.79 Å². The fourth-order valence-corrected chi connectivity index (χ4v) is 2.43. The zero-order chi connectivity index (χ0) is 13.4.